The van der Waals surface area contributed by atoms with Gasteiger partial charge in [0.2, 0.25) is 5.54 Å². The smallest absolute Gasteiger partial charge is 0.421 e. The summed E-state index contributed by atoms with van der Waals surface area (Å²) in [6.07, 6.45) is -10.2. The number of unbranched alkanes of at least 4 members (excludes halogenated alkanes) is 1. The van der Waals surface area contributed by atoms with Crippen molar-refractivity contribution in [2.75, 3.05) is 6.61 Å². The van der Waals surface area contributed by atoms with Crippen LogP contribution >= 0.6 is 0 Å². The molecule has 126 valence electrons. The summed E-state index contributed by atoms with van der Waals surface area (Å²) in [5, 5.41) is 0. The average molecular weight is 331 g/mol. The van der Waals surface area contributed by atoms with Crippen LogP contribution in [0.25, 0.3) is 0 Å². The maximum atomic E-state index is 13.4. The third-order valence-electron chi connectivity index (χ3n) is 4.09. The summed E-state index contributed by atoms with van der Waals surface area (Å²) in [6.45, 7) is 1.54. The molecule has 2 aliphatic rings. The van der Waals surface area contributed by atoms with E-state index in [2.05, 4.69) is 4.74 Å². The van der Waals surface area contributed by atoms with Gasteiger partial charge in [0.1, 0.15) is 0 Å². The van der Waals surface area contributed by atoms with E-state index in [9.17, 15) is 31.1 Å². The number of likely N-dealkylation sites (tertiary alicyclic amines) is 1. The number of carbonyl (C=O) groups is 1. The minimum absolute atomic E-state index is 0.173. The molecule has 0 aromatic heterocycles. The lowest BCUT2D eigenvalue weighted by atomic mass is 9.83. The van der Waals surface area contributed by atoms with Gasteiger partial charge in [0.15, 0.2) is 0 Å². The summed E-state index contributed by atoms with van der Waals surface area (Å²) < 4.78 is 84.8. The van der Waals surface area contributed by atoms with Crippen molar-refractivity contribution in [2.45, 2.75) is 50.1 Å². The highest BCUT2D eigenvalue weighted by molar-refractivity contribution is 5.71. The fraction of sp³-hybridized carbons (Fsp3) is 0.769. The maximum Gasteiger partial charge on any atom is 0.421 e. The van der Waals surface area contributed by atoms with Crippen LogP contribution in [0.5, 0.6) is 0 Å². The molecule has 2 rings (SSSR count). The number of amides is 1. The fourth-order valence-electron chi connectivity index (χ4n) is 3.13. The highest BCUT2D eigenvalue weighted by atomic mass is 19.4. The molecule has 1 amide bonds. The van der Waals surface area contributed by atoms with Gasteiger partial charge in [-0.3, -0.25) is 4.90 Å². The molecule has 0 saturated carbocycles. The monoisotopic (exact) mass is 331 g/mol. The second-order valence-corrected chi connectivity index (χ2v) is 5.39. The van der Waals surface area contributed by atoms with Crippen LogP contribution in [0, 0.1) is 5.92 Å². The molecule has 1 fully saturated rings. The highest BCUT2D eigenvalue weighted by Gasteiger charge is 2.82. The number of carbonyl (C=O) groups excluding carboxylic acids is 1. The van der Waals surface area contributed by atoms with Gasteiger partial charge in [-0.2, -0.15) is 26.3 Å². The lowest BCUT2D eigenvalue weighted by molar-refractivity contribution is -0.337. The zero-order valence-electron chi connectivity index (χ0n) is 11.7. The van der Waals surface area contributed by atoms with Crippen molar-refractivity contribution in [3.63, 3.8) is 0 Å². The predicted octanol–water partition coefficient (Wildman–Crippen LogP) is 4.05. The van der Waals surface area contributed by atoms with Crippen molar-refractivity contribution in [3.05, 3.63) is 12.2 Å². The highest BCUT2D eigenvalue weighted by Crippen LogP contribution is 2.60. The molecule has 0 N–H and O–H groups in total. The Hall–Kier alpha value is -1.41. The van der Waals surface area contributed by atoms with Gasteiger partial charge >= 0.3 is 18.4 Å². The normalized spacial score (nSPS) is 26.6. The van der Waals surface area contributed by atoms with Gasteiger partial charge in [-0.15, -0.1) is 0 Å². The summed E-state index contributed by atoms with van der Waals surface area (Å²) in [7, 11) is 0. The second kappa shape index (κ2) is 5.34. The minimum Gasteiger partial charge on any atom is -0.449 e. The van der Waals surface area contributed by atoms with Crippen molar-refractivity contribution in [1.82, 2.24) is 4.90 Å². The van der Waals surface area contributed by atoms with E-state index in [1.807, 2.05) is 0 Å². The fourth-order valence-corrected chi connectivity index (χ4v) is 3.13. The molecule has 0 unspecified atom stereocenters. The van der Waals surface area contributed by atoms with Gasteiger partial charge < -0.3 is 4.74 Å². The summed E-state index contributed by atoms with van der Waals surface area (Å²) in [5.74, 6) is -1.84. The second-order valence-electron chi connectivity index (χ2n) is 5.39. The van der Waals surface area contributed by atoms with E-state index in [1.165, 1.54) is 6.08 Å². The molecule has 1 heterocycles. The molecule has 0 spiro atoms. The third kappa shape index (κ3) is 2.25. The van der Waals surface area contributed by atoms with Crippen LogP contribution in [0.3, 0.4) is 0 Å². The van der Waals surface area contributed by atoms with E-state index in [0.29, 0.717) is 12.8 Å². The van der Waals surface area contributed by atoms with Crippen molar-refractivity contribution in [3.8, 4) is 0 Å². The molecule has 2 bridgehead atoms. The summed E-state index contributed by atoms with van der Waals surface area (Å²) in [5.41, 5.74) is -4.21. The molecule has 1 saturated heterocycles. The van der Waals surface area contributed by atoms with E-state index in [-0.39, 0.29) is 11.5 Å². The Morgan fingerprint density at radius 2 is 1.82 bits per heavy atom. The van der Waals surface area contributed by atoms with Gasteiger partial charge in [0, 0.05) is 5.92 Å². The number of hydrogen-bond donors (Lipinski definition) is 0. The Morgan fingerprint density at radius 1 is 1.23 bits per heavy atom. The van der Waals surface area contributed by atoms with Crippen LogP contribution in [0.15, 0.2) is 12.2 Å². The number of alkyl halides is 6. The van der Waals surface area contributed by atoms with Crippen molar-refractivity contribution < 1.29 is 35.9 Å². The molecular weight excluding hydrogens is 316 g/mol. The van der Waals surface area contributed by atoms with Gasteiger partial charge in [-0.1, -0.05) is 25.5 Å². The Bertz CT molecular complexity index is 456. The largest absolute Gasteiger partial charge is 0.449 e. The van der Waals surface area contributed by atoms with Gasteiger partial charge in [0.25, 0.3) is 0 Å². The van der Waals surface area contributed by atoms with E-state index < -0.39 is 42.4 Å². The number of fused-ring (bicyclic) bond motifs is 2. The number of rotatable bonds is 3. The van der Waals surface area contributed by atoms with E-state index >= 15 is 0 Å². The Balaban J connectivity index is 2.41. The van der Waals surface area contributed by atoms with Crippen LogP contribution in [0.1, 0.15) is 26.2 Å². The van der Waals surface area contributed by atoms with Crippen LogP contribution in [-0.4, -0.2) is 41.5 Å². The first-order valence-electron chi connectivity index (χ1n) is 6.85. The molecule has 3 nitrogen and oxygen atoms in total. The molecular formula is C13H15F6NO2. The third-order valence-corrected chi connectivity index (χ3v) is 4.09. The topological polar surface area (TPSA) is 29.5 Å². The first kappa shape index (κ1) is 17.0. The van der Waals surface area contributed by atoms with Crippen LogP contribution < -0.4 is 0 Å². The number of nitrogens with zero attached hydrogens (tertiary/aromatic N) is 1. The zero-order chi connectivity index (χ0) is 16.8. The molecule has 1 aliphatic carbocycles. The van der Waals surface area contributed by atoms with E-state index in [0.717, 1.165) is 6.08 Å². The van der Waals surface area contributed by atoms with Crippen LogP contribution in [0.4, 0.5) is 31.1 Å². The molecule has 1 aliphatic heterocycles. The van der Waals surface area contributed by atoms with Gasteiger partial charge in [0.05, 0.1) is 12.6 Å². The van der Waals surface area contributed by atoms with Crippen molar-refractivity contribution >= 4 is 6.09 Å². The van der Waals surface area contributed by atoms with E-state index in [1.54, 1.807) is 6.92 Å². The number of hydrogen-bond acceptors (Lipinski definition) is 2. The first-order valence-corrected chi connectivity index (χ1v) is 6.85. The molecule has 9 heteroatoms. The van der Waals surface area contributed by atoms with Crippen molar-refractivity contribution in [2.24, 2.45) is 5.92 Å². The summed E-state index contributed by atoms with van der Waals surface area (Å²) >= 11 is 0. The molecule has 22 heavy (non-hydrogen) atoms. The average Bonchev–Trinajstić information content (AvgIpc) is 2.95. The molecule has 0 radical (unpaired) electrons. The number of ether oxygens (including phenoxy) is 1. The SMILES string of the molecule is CCCCOC(=O)N1[C@@H]2C=C[C@H](C2)C1(C(F)(F)F)C(F)(F)F. The standard InChI is InChI=1S/C13H15F6NO2/c1-2-3-6-22-10(21)20-9-5-4-8(7-9)11(20,12(14,15)16)13(17,18)19/h4-5,8-9H,2-3,6-7H2,1H3/t8-,9-/m1/s1. The Kier molecular flexibility index (Phi) is 4.12. The lowest BCUT2D eigenvalue weighted by Gasteiger charge is -2.45. The van der Waals surface area contributed by atoms with Crippen molar-refractivity contribution in [1.29, 1.82) is 0 Å². The maximum absolute atomic E-state index is 13.4. The zero-order valence-corrected chi connectivity index (χ0v) is 11.7. The lowest BCUT2D eigenvalue weighted by Crippen LogP contribution is -2.70. The van der Waals surface area contributed by atoms with E-state index in [4.69, 9.17) is 0 Å². The van der Waals surface area contributed by atoms with Crippen LogP contribution in [-0.2, 0) is 4.74 Å². The molecule has 0 aromatic carbocycles. The molecule has 2 atom stereocenters. The minimum atomic E-state index is -5.64. The summed E-state index contributed by atoms with van der Waals surface area (Å²) in [6, 6.07) is -1.25. The van der Waals surface area contributed by atoms with Gasteiger partial charge in [-0.25, -0.2) is 4.79 Å². The summed E-state index contributed by atoms with van der Waals surface area (Å²) in [4.78, 5) is 11.7. The Morgan fingerprint density at radius 3 is 2.32 bits per heavy atom. The Labute approximate surface area is 122 Å². The first-order chi connectivity index (χ1) is 10.1. The quantitative estimate of drug-likeness (QED) is 0.444. The van der Waals surface area contributed by atoms with Crippen LogP contribution in [0.2, 0.25) is 0 Å². The number of halogens is 6. The predicted molar refractivity (Wildman–Crippen MR) is 64.0 cm³/mol. The van der Waals surface area contributed by atoms with Gasteiger partial charge in [-0.05, 0) is 12.8 Å². The molecule has 0 aromatic rings.